The van der Waals surface area contributed by atoms with Crippen LogP contribution in [0.2, 0.25) is 0 Å². The Bertz CT molecular complexity index is 454. The van der Waals surface area contributed by atoms with E-state index in [-0.39, 0.29) is 5.91 Å². The summed E-state index contributed by atoms with van der Waals surface area (Å²) in [4.78, 5) is 14.3. The highest BCUT2D eigenvalue weighted by Crippen LogP contribution is 2.35. The topological polar surface area (TPSA) is 58.4 Å². The molecule has 1 aliphatic rings. The molecule has 0 saturated heterocycles. The Morgan fingerprint density at radius 1 is 1.50 bits per heavy atom. The second kappa shape index (κ2) is 4.98. The van der Waals surface area contributed by atoms with Gasteiger partial charge in [-0.1, -0.05) is 11.6 Å². The first kappa shape index (κ1) is 12.9. The second-order valence-corrected chi connectivity index (χ2v) is 5.19. The zero-order valence-electron chi connectivity index (χ0n) is 11.2. The van der Waals surface area contributed by atoms with Crippen LogP contribution in [-0.4, -0.2) is 23.9 Å². The van der Waals surface area contributed by atoms with Gasteiger partial charge in [-0.2, -0.15) is 0 Å². The number of amides is 1. The predicted octanol–water partition coefficient (Wildman–Crippen LogP) is 2.15. The molecule has 18 heavy (non-hydrogen) atoms. The van der Waals surface area contributed by atoms with Gasteiger partial charge in [0, 0.05) is 13.1 Å². The summed E-state index contributed by atoms with van der Waals surface area (Å²) in [6.45, 7) is 4.09. The summed E-state index contributed by atoms with van der Waals surface area (Å²) >= 11 is 0. The Kier molecular flexibility index (Phi) is 3.57. The van der Waals surface area contributed by atoms with E-state index < -0.39 is 0 Å². The molecular weight excluding hydrogens is 226 g/mol. The van der Waals surface area contributed by atoms with E-state index in [1.165, 1.54) is 12.8 Å². The third kappa shape index (κ3) is 2.48. The molecule has 0 aromatic heterocycles. The standard InChI is InChI=1S/C14H21N3O/c1-9-4-7-13(16-15)12(8-9)14(18)17(3)10(2)11-5-6-11/h4,7-8,10-11,16H,5-6,15H2,1-3H3. The highest BCUT2D eigenvalue weighted by atomic mass is 16.2. The molecular formula is C14H21N3O. The highest BCUT2D eigenvalue weighted by Gasteiger charge is 2.33. The lowest BCUT2D eigenvalue weighted by atomic mass is 10.1. The van der Waals surface area contributed by atoms with Gasteiger partial charge in [-0.15, -0.1) is 0 Å². The van der Waals surface area contributed by atoms with Crippen molar-refractivity contribution in [3.8, 4) is 0 Å². The normalized spacial score (nSPS) is 16.2. The lowest BCUT2D eigenvalue weighted by Gasteiger charge is -2.26. The van der Waals surface area contributed by atoms with Crippen molar-refractivity contribution in [3.05, 3.63) is 29.3 Å². The minimum absolute atomic E-state index is 0.0334. The zero-order chi connectivity index (χ0) is 13.3. The summed E-state index contributed by atoms with van der Waals surface area (Å²) in [7, 11) is 1.87. The lowest BCUT2D eigenvalue weighted by molar-refractivity contribution is 0.0728. The molecule has 4 heteroatoms. The number of nitrogens with one attached hydrogen (secondary N) is 1. The van der Waals surface area contributed by atoms with Crippen LogP contribution in [0.15, 0.2) is 18.2 Å². The molecule has 3 N–H and O–H groups in total. The fourth-order valence-electron chi connectivity index (χ4n) is 2.23. The molecule has 4 nitrogen and oxygen atoms in total. The number of nitrogens with zero attached hydrogens (tertiary/aromatic N) is 1. The van der Waals surface area contributed by atoms with Crippen LogP contribution in [0.1, 0.15) is 35.7 Å². The highest BCUT2D eigenvalue weighted by molar-refractivity contribution is 5.99. The van der Waals surface area contributed by atoms with Crippen molar-refractivity contribution in [2.24, 2.45) is 11.8 Å². The summed E-state index contributed by atoms with van der Waals surface area (Å²) in [5.74, 6) is 6.16. The zero-order valence-corrected chi connectivity index (χ0v) is 11.2. The van der Waals surface area contributed by atoms with Crippen molar-refractivity contribution in [1.82, 2.24) is 4.90 Å². The fourth-order valence-corrected chi connectivity index (χ4v) is 2.23. The van der Waals surface area contributed by atoms with Gasteiger partial charge in [-0.25, -0.2) is 0 Å². The largest absolute Gasteiger partial charge is 0.339 e. The monoisotopic (exact) mass is 247 g/mol. The summed E-state index contributed by atoms with van der Waals surface area (Å²) in [5, 5.41) is 0. The van der Waals surface area contributed by atoms with Gasteiger partial charge in [0.1, 0.15) is 0 Å². The van der Waals surface area contributed by atoms with E-state index in [9.17, 15) is 4.79 Å². The number of rotatable bonds is 4. The molecule has 1 fully saturated rings. The van der Waals surface area contributed by atoms with Gasteiger partial charge in [-0.3, -0.25) is 10.6 Å². The Labute approximate surface area is 108 Å². The van der Waals surface area contributed by atoms with E-state index >= 15 is 0 Å². The Morgan fingerprint density at radius 3 is 2.72 bits per heavy atom. The number of nitrogens with two attached hydrogens (primary N) is 1. The molecule has 1 atom stereocenters. The Morgan fingerprint density at radius 2 is 2.17 bits per heavy atom. The predicted molar refractivity (Wildman–Crippen MR) is 73.3 cm³/mol. The smallest absolute Gasteiger partial charge is 0.256 e. The van der Waals surface area contributed by atoms with Crippen molar-refractivity contribution < 1.29 is 4.79 Å². The van der Waals surface area contributed by atoms with Gasteiger partial charge in [0.05, 0.1) is 11.3 Å². The van der Waals surface area contributed by atoms with Gasteiger partial charge < -0.3 is 10.3 Å². The summed E-state index contributed by atoms with van der Waals surface area (Å²) < 4.78 is 0. The second-order valence-electron chi connectivity index (χ2n) is 5.19. The molecule has 1 aliphatic carbocycles. The molecule has 1 aromatic rings. The number of carbonyl (C=O) groups is 1. The lowest BCUT2D eigenvalue weighted by Crippen LogP contribution is -2.37. The van der Waals surface area contributed by atoms with Crippen molar-refractivity contribution in [2.75, 3.05) is 12.5 Å². The SMILES string of the molecule is Cc1ccc(NN)c(C(=O)N(C)C(C)C2CC2)c1. The van der Waals surface area contributed by atoms with E-state index in [0.717, 1.165) is 5.56 Å². The van der Waals surface area contributed by atoms with Crippen LogP contribution in [0.5, 0.6) is 0 Å². The molecule has 1 saturated carbocycles. The van der Waals surface area contributed by atoms with Crippen molar-refractivity contribution in [3.63, 3.8) is 0 Å². The molecule has 0 spiro atoms. The number of benzene rings is 1. The minimum Gasteiger partial charge on any atom is -0.339 e. The minimum atomic E-state index is 0.0334. The Balaban J connectivity index is 2.23. The number of hydrogen-bond donors (Lipinski definition) is 2. The van der Waals surface area contributed by atoms with Crippen LogP contribution in [0, 0.1) is 12.8 Å². The van der Waals surface area contributed by atoms with Gasteiger partial charge in [0.15, 0.2) is 0 Å². The molecule has 1 amide bonds. The van der Waals surface area contributed by atoms with E-state index in [4.69, 9.17) is 5.84 Å². The molecule has 0 heterocycles. The van der Waals surface area contributed by atoms with Crippen LogP contribution in [-0.2, 0) is 0 Å². The number of hydrazine groups is 1. The molecule has 98 valence electrons. The van der Waals surface area contributed by atoms with Crippen LogP contribution < -0.4 is 11.3 Å². The van der Waals surface area contributed by atoms with Crippen LogP contribution in [0.3, 0.4) is 0 Å². The maximum atomic E-state index is 12.5. The van der Waals surface area contributed by atoms with E-state index in [1.54, 1.807) is 0 Å². The first-order valence-corrected chi connectivity index (χ1v) is 6.39. The van der Waals surface area contributed by atoms with Crippen LogP contribution >= 0.6 is 0 Å². The third-order valence-electron chi connectivity index (χ3n) is 3.80. The first-order valence-electron chi connectivity index (χ1n) is 6.39. The Hall–Kier alpha value is -1.55. The molecule has 1 unspecified atom stereocenters. The average Bonchev–Trinajstić information content (AvgIpc) is 3.20. The summed E-state index contributed by atoms with van der Waals surface area (Å²) in [6.07, 6.45) is 2.46. The molecule has 0 radical (unpaired) electrons. The number of aryl methyl sites for hydroxylation is 1. The maximum Gasteiger partial charge on any atom is 0.256 e. The van der Waals surface area contributed by atoms with Gasteiger partial charge in [0.25, 0.3) is 5.91 Å². The van der Waals surface area contributed by atoms with Crippen molar-refractivity contribution in [1.29, 1.82) is 0 Å². The fraction of sp³-hybridized carbons (Fsp3) is 0.500. The summed E-state index contributed by atoms with van der Waals surface area (Å²) in [5.41, 5.74) is 4.98. The average molecular weight is 247 g/mol. The number of anilines is 1. The molecule has 1 aromatic carbocycles. The summed E-state index contributed by atoms with van der Waals surface area (Å²) in [6, 6.07) is 5.96. The number of carbonyl (C=O) groups excluding carboxylic acids is 1. The van der Waals surface area contributed by atoms with Crippen LogP contribution in [0.25, 0.3) is 0 Å². The van der Waals surface area contributed by atoms with E-state index in [1.807, 2.05) is 37.1 Å². The first-order chi connectivity index (χ1) is 8.54. The molecule has 0 bridgehead atoms. The van der Waals surface area contributed by atoms with Crippen molar-refractivity contribution in [2.45, 2.75) is 32.7 Å². The third-order valence-corrected chi connectivity index (χ3v) is 3.80. The number of nitrogen functional groups attached to an aromatic ring is 1. The van der Waals surface area contributed by atoms with Gasteiger partial charge in [-0.05, 0) is 44.7 Å². The number of hydrogen-bond acceptors (Lipinski definition) is 3. The van der Waals surface area contributed by atoms with E-state index in [2.05, 4.69) is 12.3 Å². The maximum absolute atomic E-state index is 12.5. The van der Waals surface area contributed by atoms with E-state index in [0.29, 0.717) is 23.2 Å². The van der Waals surface area contributed by atoms with Gasteiger partial charge in [0.2, 0.25) is 0 Å². The molecule has 2 rings (SSSR count). The quantitative estimate of drug-likeness (QED) is 0.633. The van der Waals surface area contributed by atoms with Crippen LogP contribution in [0.4, 0.5) is 5.69 Å². The molecule has 0 aliphatic heterocycles. The van der Waals surface area contributed by atoms with Gasteiger partial charge >= 0.3 is 0 Å². The van der Waals surface area contributed by atoms with Crippen molar-refractivity contribution >= 4 is 11.6 Å².